The fourth-order valence-corrected chi connectivity index (χ4v) is 2.40. The largest absolute Gasteiger partial charge is 0.463 e. The Morgan fingerprint density at radius 1 is 1.22 bits per heavy atom. The topological polar surface area (TPSA) is 58.4 Å². The van der Waals surface area contributed by atoms with E-state index in [1.807, 2.05) is 55.4 Å². The number of nitrogens with one attached hydrogen (secondary N) is 1. The highest BCUT2D eigenvalue weighted by molar-refractivity contribution is 6.07. The second-order valence-electron chi connectivity index (χ2n) is 5.61. The van der Waals surface area contributed by atoms with Gasteiger partial charge in [0, 0.05) is 18.5 Å². The molecule has 0 aliphatic heterocycles. The third-order valence-electron chi connectivity index (χ3n) is 3.58. The van der Waals surface area contributed by atoms with Crippen LogP contribution < -0.4 is 5.32 Å². The third kappa shape index (κ3) is 3.40. The highest BCUT2D eigenvalue weighted by Gasteiger charge is 2.14. The Kier molecular flexibility index (Phi) is 4.39. The molecule has 0 saturated heterocycles. The Hall–Kier alpha value is -2.66. The number of carbonyl (C=O) groups excluding carboxylic acids is 1. The first-order valence-corrected chi connectivity index (χ1v) is 7.52. The minimum atomic E-state index is -0.0988. The zero-order valence-corrected chi connectivity index (χ0v) is 13.2. The lowest BCUT2D eigenvalue weighted by atomic mass is 10.1. The predicted molar refractivity (Wildman–Crippen MR) is 90.3 cm³/mol. The van der Waals surface area contributed by atoms with Crippen LogP contribution in [0.15, 0.2) is 53.1 Å². The molecule has 0 unspecified atom stereocenters. The monoisotopic (exact) mass is 309 g/mol. The SMILES string of the molecule is CN(C)CCNC(=O)c1cc(-c2ccco2)nc2ccccc12. The average Bonchev–Trinajstić information content (AvgIpc) is 3.07. The summed E-state index contributed by atoms with van der Waals surface area (Å²) < 4.78 is 5.41. The summed E-state index contributed by atoms with van der Waals surface area (Å²) in [6.07, 6.45) is 1.60. The van der Waals surface area contributed by atoms with Crippen molar-refractivity contribution in [1.82, 2.24) is 15.2 Å². The standard InChI is InChI=1S/C18H19N3O2/c1-21(2)10-9-19-18(22)14-12-16(17-8-5-11-23-17)20-15-7-4-3-6-13(14)15/h3-8,11-12H,9-10H2,1-2H3,(H,19,22). The van der Waals surface area contributed by atoms with Crippen LogP contribution >= 0.6 is 0 Å². The molecule has 0 bridgehead atoms. The molecule has 5 nitrogen and oxygen atoms in total. The maximum atomic E-state index is 12.6. The number of pyridine rings is 1. The molecule has 5 heteroatoms. The van der Waals surface area contributed by atoms with Crippen LogP contribution in [0.5, 0.6) is 0 Å². The van der Waals surface area contributed by atoms with Crippen molar-refractivity contribution in [2.75, 3.05) is 27.2 Å². The van der Waals surface area contributed by atoms with Crippen LogP contribution in [-0.4, -0.2) is 43.0 Å². The third-order valence-corrected chi connectivity index (χ3v) is 3.58. The summed E-state index contributed by atoms with van der Waals surface area (Å²) in [5, 5.41) is 3.79. The molecule has 1 aromatic carbocycles. The Bertz CT molecular complexity index is 810. The zero-order valence-electron chi connectivity index (χ0n) is 13.2. The number of likely N-dealkylation sites (N-methyl/N-ethyl adjacent to an activating group) is 1. The van der Waals surface area contributed by atoms with E-state index in [2.05, 4.69) is 10.3 Å². The van der Waals surface area contributed by atoms with Gasteiger partial charge in [0.2, 0.25) is 0 Å². The van der Waals surface area contributed by atoms with Crippen molar-refractivity contribution in [2.24, 2.45) is 0 Å². The van der Waals surface area contributed by atoms with Crippen LogP contribution in [-0.2, 0) is 0 Å². The van der Waals surface area contributed by atoms with Gasteiger partial charge < -0.3 is 14.6 Å². The van der Waals surface area contributed by atoms with E-state index in [9.17, 15) is 4.79 Å². The van der Waals surface area contributed by atoms with E-state index in [4.69, 9.17) is 4.42 Å². The summed E-state index contributed by atoms with van der Waals surface area (Å²) in [6.45, 7) is 1.39. The Labute approximate surface area is 134 Å². The van der Waals surface area contributed by atoms with Gasteiger partial charge in [-0.3, -0.25) is 4.79 Å². The molecule has 1 amide bonds. The van der Waals surface area contributed by atoms with Crippen molar-refractivity contribution in [1.29, 1.82) is 0 Å². The fraction of sp³-hybridized carbons (Fsp3) is 0.222. The quantitative estimate of drug-likeness (QED) is 0.787. The van der Waals surface area contributed by atoms with E-state index in [1.165, 1.54) is 0 Å². The van der Waals surface area contributed by atoms with Gasteiger partial charge in [-0.05, 0) is 38.4 Å². The fourth-order valence-electron chi connectivity index (χ4n) is 2.40. The smallest absolute Gasteiger partial charge is 0.252 e. The van der Waals surface area contributed by atoms with Gasteiger partial charge in [-0.15, -0.1) is 0 Å². The molecule has 2 aromatic heterocycles. The van der Waals surface area contributed by atoms with E-state index in [1.54, 1.807) is 12.3 Å². The summed E-state index contributed by atoms with van der Waals surface area (Å²) in [5.41, 5.74) is 2.05. The van der Waals surface area contributed by atoms with Gasteiger partial charge in [0.15, 0.2) is 5.76 Å². The van der Waals surface area contributed by atoms with Crippen LogP contribution in [0.2, 0.25) is 0 Å². The Morgan fingerprint density at radius 3 is 2.78 bits per heavy atom. The summed E-state index contributed by atoms with van der Waals surface area (Å²) >= 11 is 0. The minimum Gasteiger partial charge on any atom is -0.463 e. The first kappa shape index (κ1) is 15.2. The van der Waals surface area contributed by atoms with Gasteiger partial charge in [-0.1, -0.05) is 18.2 Å². The maximum absolute atomic E-state index is 12.6. The summed E-state index contributed by atoms with van der Waals surface area (Å²) in [5.74, 6) is 0.552. The first-order valence-electron chi connectivity index (χ1n) is 7.52. The number of furan rings is 1. The van der Waals surface area contributed by atoms with Crippen LogP contribution in [0.25, 0.3) is 22.4 Å². The van der Waals surface area contributed by atoms with Crippen molar-refractivity contribution in [3.63, 3.8) is 0 Å². The molecule has 3 rings (SSSR count). The van der Waals surface area contributed by atoms with Crippen molar-refractivity contribution in [3.8, 4) is 11.5 Å². The van der Waals surface area contributed by atoms with Gasteiger partial charge in [0.25, 0.3) is 5.91 Å². The van der Waals surface area contributed by atoms with E-state index in [0.717, 1.165) is 17.4 Å². The molecule has 3 aromatic rings. The molecular weight excluding hydrogens is 290 g/mol. The van der Waals surface area contributed by atoms with Gasteiger partial charge in [-0.25, -0.2) is 4.98 Å². The number of nitrogens with zero attached hydrogens (tertiary/aromatic N) is 2. The number of benzene rings is 1. The van der Waals surface area contributed by atoms with Crippen LogP contribution in [0.3, 0.4) is 0 Å². The summed E-state index contributed by atoms with van der Waals surface area (Å²) in [6, 6.07) is 13.1. The number of aromatic nitrogens is 1. The highest BCUT2D eigenvalue weighted by Crippen LogP contribution is 2.25. The Balaban J connectivity index is 1.98. The normalized spacial score (nSPS) is 11.1. The lowest BCUT2D eigenvalue weighted by Gasteiger charge is -2.12. The number of rotatable bonds is 5. The molecule has 0 saturated carbocycles. The van der Waals surface area contributed by atoms with Gasteiger partial charge in [0.05, 0.1) is 17.3 Å². The molecule has 2 heterocycles. The van der Waals surface area contributed by atoms with Gasteiger partial charge in [0.1, 0.15) is 5.69 Å². The van der Waals surface area contributed by atoms with Crippen LogP contribution in [0.1, 0.15) is 10.4 Å². The lowest BCUT2D eigenvalue weighted by Crippen LogP contribution is -2.31. The molecule has 0 aliphatic rings. The van der Waals surface area contributed by atoms with Gasteiger partial charge in [-0.2, -0.15) is 0 Å². The molecule has 1 N–H and O–H groups in total. The second kappa shape index (κ2) is 6.62. The summed E-state index contributed by atoms with van der Waals surface area (Å²) in [7, 11) is 3.95. The number of amides is 1. The molecule has 23 heavy (non-hydrogen) atoms. The molecule has 0 fully saturated rings. The molecule has 0 spiro atoms. The van der Waals surface area contributed by atoms with E-state index >= 15 is 0 Å². The predicted octanol–water partition coefficient (Wildman–Crippen LogP) is 2.79. The Morgan fingerprint density at radius 2 is 2.04 bits per heavy atom. The number of carbonyl (C=O) groups is 1. The molecule has 118 valence electrons. The number of fused-ring (bicyclic) bond motifs is 1. The molecule has 0 aliphatic carbocycles. The van der Waals surface area contributed by atoms with Crippen LogP contribution in [0, 0.1) is 0 Å². The average molecular weight is 309 g/mol. The number of hydrogen-bond donors (Lipinski definition) is 1. The van der Waals surface area contributed by atoms with Crippen molar-refractivity contribution < 1.29 is 9.21 Å². The second-order valence-corrected chi connectivity index (χ2v) is 5.61. The molecule has 0 atom stereocenters. The van der Waals surface area contributed by atoms with Gasteiger partial charge >= 0.3 is 0 Å². The van der Waals surface area contributed by atoms with E-state index < -0.39 is 0 Å². The molecular formula is C18H19N3O2. The lowest BCUT2D eigenvalue weighted by molar-refractivity contribution is 0.0952. The number of hydrogen-bond acceptors (Lipinski definition) is 4. The molecule has 0 radical (unpaired) electrons. The van der Waals surface area contributed by atoms with Crippen molar-refractivity contribution in [3.05, 3.63) is 54.3 Å². The first-order chi connectivity index (χ1) is 11.1. The van der Waals surface area contributed by atoms with E-state index in [-0.39, 0.29) is 5.91 Å². The number of para-hydroxylation sites is 1. The van der Waals surface area contributed by atoms with E-state index in [0.29, 0.717) is 23.6 Å². The minimum absolute atomic E-state index is 0.0988. The zero-order chi connectivity index (χ0) is 16.2. The van der Waals surface area contributed by atoms with Crippen molar-refractivity contribution >= 4 is 16.8 Å². The summed E-state index contributed by atoms with van der Waals surface area (Å²) in [4.78, 5) is 19.2. The highest BCUT2D eigenvalue weighted by atomic mass is 16.3. The van der Waals surface area contributed by atoms with Crippen LogP contribution in [0.4, 0.5) is 0 Å². The maximum Gasteiger partial charge on any atom is 0.252 e. The van der Waals surface area contributed by atoms with Crippen molar-refractivity contribution in [2.45, 2.75) is 0 Å².